The number of aryl methyl sites for hydroxylation is 1. The van der Waals surface area contributed by atoms with Gasteiger partial charge in [0.25, 0.3) is 0 Å². The summed E-state index contributed by atoms with van der Waals surface area (Å²) < 4.78 is 5.57. The minimum Gasteiger partial charge on any atom is -0.465 e. The summed E-state index contributed by atoms with van der Waals surface area (Å²) in [6.45, 7) is 3.69. The van der Waals surface area contributed by atoms with Gasteiger partial charge in [0, 0.05) is 17.6 Å². The van der Waals surface area contributed by atoms with Gasteiger partial charge in [-0.25, -0.2) is 0 Å². The van der Waals surface area contributed by atoms with Crippen molar-refractivity contribution in [2.45, 2.75) is 25.9 Å². The third-order valence-corrected chi connectivity index (χ3v) is 3.59. The first-order valence-electron chi connectivity index (χ1n) is 6.79. The van der Waals surface area contributed by atoms with Gasteiger partial charge in [-0.3, -0.25) is 4.90 Å². The highest BCUT2D eigenvalue weighted by atomic mass is 35.5. The van der Waals surface area contributed by atoms with Crippen molar-refractivity contribution in [1.82, 2.24) is 4.90 Å². The van der Waals surface area contributed by atoms with E-state index in [1.165, 1.54) is 0 Å². The van der Waals surface area contributed by atoms with E-state index in [9.17, 15) is 0 Å². The van der Waals surface area contributed by atoms with E-state index in [1.807, 2.05) is 43.3 Å². The van der Waals surface area contributed by atoms with Crippen molar-refractivity contribution < 1.29 is 4.42 Å². The lowest BCUT2D eigenvalue weighted by Gasteiger charge is -2.18. The Hall–Kier alpha value is -1.29. The van der Waals surface area contributed by atoms with Crippen molar-refractivity contribution in [3.05, 3.63) is 58.5 Å². The molecule has 0 aliphatic rings. The Morgan fingerprint density at radius 3 is 2.50 bits per heavy atom. The SMILES string of the molecule is Cc1ccc(CN(C)CCC(N)c2ccc(Cl)cc2)o1. The normalized spacial score (nSPS) is 12.8. The molecule has 1 heterocycles. The van der Waals surface area contributed by atoms with Crippen LogP contribution in [0.1, 0.15) is 29.5 Å². The quantitative estimate of drug-likeness (QED) is 0.881. The molecule has 2 rings (SSSR count). The van der Waals surface area contributed by atoms with Crippen LogP contribution in [0.5, 0.6) is 0 Å². The molecule has 0 spiro atoms. The van der Waals surface area contributed by atoms with Crippen LogP contribution in [0.3, 0.4) is 0 Å². The van der Waals surface area contributed by atoms with Crippen molar-refractivity contribution >= 4 is 11.6 Å². The van der Waals surface area contributed by atoms with E-state index in [0.29, 0.717) is 0 Å². The fourth-order valence-electron chi connectivity index (χ4n) is 2.15. The van der Waals surface area contributed by atoms with Crippen LogP contribution in [0, 0.1) is 6.92 Å². The number of nitrogens with zero attached hydrogens (tertiary/aromatic N) is 1. The second-order valence-corrected chi connectivity index (χ2v) is 5.63. The minimum atomic E-state index is 0.0352. The van der Waals surface area contributed by atoms with Crippen LogP contribution in [0.25, 0.3) is 0 Å². The van der Waals surface area contributed by atoms with Crippen LogP contribution >= 0.6 is 11.6 Å². The molecule has 1 aromatic carbocycles. The summed E-state index contributed by atoms with van der Waals surface area (Å²) in [4.78, 5) is 2.22. The van der Waals surface area contributed by atoms with E-state index in [4.69, 9.17) is 21.8 Å². The lowest BCUT2D eigenvalue weighted by molar-refractivity contribution is 0.281. The van der Waals surface area contributed by atoms with E-state index in [2.05, 4.69) is 11.9 Å². The lowest BCUT2D eigenvalue weighted by Crippen LogP contribution is -2.23. The zero-order valence-electron chi connectivity index (χ0n) is 12.0. The van der Waals surface area contributed by atoms with Gasteiger partial charge >= 0.3 is 0 Å². The summed E-state index contributed by atoms with van der Waals surface area (Å²) in [6.07, 6.45) is 0.901. The Labute approximate surface area is 125 Å². The van der Waals surface area contributed by atoms with E-state index in [-0.39, 0.29) is 6.04 Å². The maximum atomic E-state index is 6.20. The summed E-state index contributed by atoms with van der Waals surface area (Å²) in [5.41, 5.74) is 7.32. The summed E-state index contributed by atoms with van der Waals surface area (Å²) in [5.74, 6) is 1.94. The Kier molecular flexibility index (Phi) is 5.24. The molecule has 1 aromatic heterocycles. The number of hydrogen-bond acceptors (Lipinski definition) is 3. The molecule has 0 fully saturated rings. The fraction of sp³-hybridized carbons (Fsp3) is 0.375. The molecule has 0 saturated heterocycles. The van der Waals surface area contributed by atoms with Crippen LogP contribution in [0.2, 0.25) is 5.02 Å². The molecular formula is C16H21ClN2O. The highest BCUT2D eigenvalue weighted by Crippen LogP contribution is 2.18. The average molecular weight is 293 g/mol. The van der Waals surface area contributed by atoms with Crippen LogP contribution < -0.4 is 5.73 Å². The number of furan rings is 1. The molecule has 0 bridgehead atoms. The summed E-state index contributed by atoms with van der Waals surface area (Å²) >= 11 is 5.88. The van der Waals surface area contributed by atoms with Crippen molar-refractivity contribution in [1.29, 1.82) is 0 Å². The van der Waals surface area contributed by atoms with Gasteiger partial charge in [0.05, 0.1) is 6.54 Å². The Bertz CT molecular complexity index is 536. The van der Waals surface area contributed by atoms with Crippen molar-refractivity contribution in [2.75, 3.05) is 13.6 Å². The summed E-state index contributed by atoms with van der Waals surface area (Å²) in [7, 11) is 2.08. The summed E-state index contributed by atoms with van der Waals surface area (Å²) in [6, 6.07) is 11.8. The maximum Gasteiger partial charge on any atom is 0.118 e. The number of rotatable bonds is 6. The zero-order valence-corrected chi connectivity index (χ0v) is 12.7. The molecule has 108 valence electrons. The van der Waals surface area contributed by atoms with E-state index in [1.54, 1.807) is 0 Å². The van der Waals surface area contributed by atoms with Crippen LogP contribution in [0.15, 0.2) is 40.8 Å². The van der Waals surface area contributed by atoms with E-state index < -0.39 is 0 Å². The Morgan fingerprint density at radius 1 is 1.20 bits per heavy atom. The van der Waals surface area contributed by atoms with Crippen molar-refractivity contribution in [3.8, 4) is 0 Å². The molecule has 0 aliphatic heterocycles. The Morgan fingerprint density at radius 2 is 1.90 bits per heavy atom. The van der Waals surface area contributed by atoms with E-state index >= 15 is 0 Å². The van der Waals surface area contributed by atoms with Gasteiger partial charge in [0.1, 0.15) is 11.5 Å². The second kappa shape index (κ2) is 6.93. The average Bonchev–Trinajstić information content (AvgIpc) is 2.82. The van der Waals surface area contributed by atoms with Crippen LogP contribution in [0.4, 0.5) is 0 Å². The number of hydrogen-bond donors (Lipinski definition) is 1. The number of benzene rings is 1. The monoisotopic (exact) mass is 292 g/mol. The molecule has 4 heteroatoms. The maximum absolute atomic E-state index is 6.20. The third kappa shape index (κ3) is 4.37. The lowest BCUT2D eigenvalue weighted by atomic mass is 10.0. The largest absolute Gasteiger partial charge is 0.465 e. The number of nitrogens with two attached hydrogens (primary N) is 1. The topological polar surface area (TPSA) is 42.4 Å². The van der Waals surface area contributed by atoms with Gasteiger partial charge in [-0.15, -0.1) is 0 Å². The predicted molar refractivity (Wildman–Crippen MR) is 82.8 cm³/mol. The highest BCUT2D eigenvalue weighted by molar-refractivity contribution is 6.30. The molecule has 1 atom stereocenters. The molecule has 0 saturated carbocycles. The first kappa shape index (κ1) is 15.1. The molecule has 2 N–H and O–H groups in total. The van der Waals surface area contributed by atoms with Gasteiger partial charge in [-0.05, 0) is 50.2 Å². The molecule has 0 amide bonds. The second-order valence-electron chi connectivity index (χ2n) is 5.20. The fourth-order valence-corrected chi connectivity index (χ4v) is 2.28. The first-order chi connectivity index (χ1) is 9.54. The van der Waals surface area contributed by atoms with Gasteiger partial charge in [0.15, 0.2) is 0 Å². The zero-order chi connectivity index (χ0) is 14.5. The molecule has 2 aromatic rings. The van der Waals surface area contributed by atoms with Crippen molar-refractivity contribution in [2.24, 2.45) is 5.73 Å². The summed E-state index contributed by atoms with van der Waals surface area (Å²) in [5, 5.41) is 0.742. The highest BCUT2D eigenvalue weighted by Gasteiger charge is 2.09. The first-order valence-corrected chi connectivity index (χ1v) is 7.17. The molecule has 3 nitrogen and oxygen atoms in total. The Balaban J connectivity index is 1.80. The molecule has 0 radical (unpaired) electrons. The van der Waals surface area contributed by atoms with Gasteiger partial charge in [-0.2, -0.15) is 0 Å². The van der Waals surface area contributed by atoms with Gasteiger partial charge in [-0.1, -0.05) is 23.7 Å². The molecular weight excluding hydrogens is 272 g/mol. The number of halogens is 1. The smallest absolute Gasteiger partial charge is 0.118 e. The minimum absolute atomic E-state index is 0.0352. The van der Waals surface area contributed by atoms with Gasteiger partial charge in [0.2, 0.25) is 0 Å². The standard InChI is InChI=1S/C16H21ClN2O/c1-12-3-8-15(20-12)11-19(2)10-9-16(18)13-4-6-14(17)7-5-13/h3-8,16H,9-11,18H2,1-2H3. The van der Waals surface area contributed by atoms with Crippen LogP contribution in [-0.2, 0) is 6.54 Å². The van der Waals surface area contributed by atoms with E-state index in [0.717, 1.165) is 41.6 Å². The molecule has 20 heavy (non-hydrogen) atoms. The van der Waals surface area contributed by atoms with Crippen LogP contribution in [-0.4, -0.2) is 18.5 Å². The third-order valence-electron chi connectivity index (χ3n) is 3.34. The predicted octanol–water partition coefficient (Wildman–Crippen LogP) is 3.76. The van der Waals surface area contributed by atoms with Gasteiger partial charge < -0.3 is 10.2 Å². The molecule has 1 unspecified atom stereocenters. The molecule has 0 aliphatic carbocycles. The van der Waals surface area contributed by atoms with Crippen molar-refractivity contribution in [3.63, 3.8) is 0 Å².